The Labute approximate surface area is 195 Å². The quantitative estimate of drug-likeness (QED) is 0.419. The number of hydrogen-bond donors (Lipinski definition) is 1. The number of hydrogen-bond acceptors (Lipinski definition) is 3. The van der Waals surface area contributed by atoms with Crippen molar-refractivity contribution in [1.82, 2.24) is 10.2 Å². The lowest BCUT2D eigenvalue weighted by molar-refractivity contribution is -0.139. The third-order valence-electron chi connectivity index (χ3n) is 5.09. The Bertz CT molecular complexity index is 859. The van der Waals surface area contributed by atoms with Crippen LogP contribution in [0, 0.1) is 6.92 Å². The van der Waals surface area contributed by atoms with E-state index in [1.165, 1.54) is 11.1 Å². The van der Waals surface area contributed by atoms with Gasteiger partial charge in [-0.1, -0.05) is 79.9 Å². The number of carbonyl (C=O) groups excluding carboxylic acids is 2. The molecule has 2 amide bonds. The second kappa shape index (κ2) is 13.4. The highest BCUT2D eigenvalue weighted by atomic mass is 35.5. The number of rotatable bonds is 12. The lowest BCUT2D eigenvalue weighted by atomic mass is 10.1. The Morgan fingerprint density at radius 1 is 1.13 bits per heavy atom. The van der Waals surface area contributed by atoms with Crippen LogP contribution in [-0.2, 0) is 21.9 Å². The number of unbranched alkanes of at least 4 members (excludes halogenated alkanes) is 1. The Hall–Kier alpha value is -1.98. The van der Waals surface area contributed by atoms with E-state index in [4.69, 9.17) is 11.6 Å². The Morgan fingerprint density at radius 3 is 2.58 bits per heavy atom. The summed E-state index contributed by atoms with van der Waals surface area (Å²) in [5.41, 5.74) is 3.25. The van der Waals surface area contributed by atoms with Gasteiger partial charge in [-0.3, -0.25) is 9.59 Å². The second-order valence-corrected chi connectivity index (χ2v) is 9.06. The number of halogens is 1. The third-order valence-corrected chi connectivity index (χ3v) is 6.45. The summed E-state index contributed by atoms with van der Waals surface area (Å²) in [5, 5.41) is 3.59. The molecule has 0 saturated heterocycles. The molecule has 6 heteroatoms. The standard InChI is InChI=1S/C25H33ClN2O2S/c1-4-6-14-27-25(30)23(5-2)28(16-21-12-7-8-13-22(21)26)24(29)18-31-17-20-11-9-10-19(3)15-20/h7-13,15,23H,4-6,14,16-18H2,1-3H3,(H,27,30). The van der Waals surface area contributed by atoms with E-state index in [1.807, 2.05) is 37.3 Å². The van der Waals surface area contributed by atoms with Crippen LogP contribution in [0.5, 0.6) is 0 Å². The summed E-state index contributed by atoms with van der Waals surface area (Å²) in [4.78, 5) is 27.8. The topological polar surface area (TPSA) is 49.4 Å². The van der Waals surface area contributed by atoms with Crippen molar-refractivity contribution in [1.29, 1.82) is 0 Å². The van der Waals surface area contributed by atoms with Gasteiger partial charge in [0.15, 0.2) is 0 Å². The Kier molecular flexibility index (Phi) is 11.0. The number of aryl methyl sites for hydroxylation is 1. The molecule has 1 atom stereocenters. The van der Waals surface area contributed by atoms with Gasteiger partial charge in [0, 0.05) is 23.9 Å². The maximum Gasteiger partial charge on any atom is 0.242 e. The number of thioether (sulfide) groups is 1. The predicted molar refractivity (Wildman–Crippen MR) is 131 cm³/mol. The molecular formula is C25H33ClN2O2S. The van der Waals surface area contributed by atoms with Crippen LogP contribution in [0.25, 0.3) is 0 Å². The zero-order valence-electron chi connectivity index (χ0n) is 18.7. The van der Waals surface area contributed by atoms with Gasteiger partial charge < -0.3 is 10.2 Å². The molecular weight excluding hydrogens is 428 g/mol. The normalized spacial score (nSPS) is 11.7. The first-order valence-corrected chi connectivity index (χ1v) is 12.4. The number of carbonyl (C=O) groups is 2. The highest BCUT2D eigenvalue weighted by Crippen LogP contribution is 2.21. The predicted octanol–water partition coefficient (Wildman–Crippen LogP) is 5.61. The minimum absolute atomic E-state index is 0.0462. The van der Waals surface area contributed by atoms with Crippen molar-refractivity contribution in [3.63, 3.8) is 0 Å². The molecule has 0 radical (unpaired) electrons. The van der Waals surface area contributed by atoms with Gasteiger partial charge in [-0.05, 0) is 37.0 Å². The zero-order chi connectivity index (χ0) is 22.6. The third kappa shape index (κ3) is 8.23. The van der Waals surface area contributed by atoms with Crippen LogP contribution in [0.3, 0.4) is 0 Å². The number of amides is 2. The molecule has 0 heterocycles. The summed E-state index contributed by atoms with van der Waals surface area (Å²) < 4.78 is 0. The van der Waals surface area contributed by atoms with Gasteiger partial charge in [0.2, 0.25) is 11.8 Å². The minimum Gasteiger partial charge on any atom is -0.354 e. The largest absolute Gasteiger partial charge is 0.354 e. The van der Waals surface area contributed by atoms with Crippen molar-refractivity contribution < 1.29 is 9.59 Å². The molecule has 0 aliphatic rings. The lowest BCUT2D eigenvalue weighted by Gasteiger charge is -2.31. The molecule has 0 aliphatic carbocycles. The van der Waals surface area contributed by atoms with Crippen molar-refractivity contribution in [2.45, 2.75) is 58.4 Å². The van der Waals surface area contributed by atoms with Crippen molar-refractivity contribution in [2.75, 3.05) is 12.3 Å². The molecule has 2 aromatic rings. The highest BCUT2D eigenvalue weighted by molar-refractivity contribution is 7.99. The fourth-order valence-corrected chi connectivity index (χ4v) is 4.43. The molecule has 0 aromatic heterocycles. The van der Waals surface area contributed by atoms with Crippen LogP contribution in [0.2, 0.25) is 5.02 Å². The molecule has 168 valence electrons. The molecule has 0 saturated carbocycles. The van der Waals surface area contributed by atoms with Crippen molar-refractivity contribution >= 4 is 35.2 Å². The first kappa shape index (κ1) is 25.3. The highest BCUT2D eigenvalue weighted by Gasteiger charge is 2.28. The van der Waals surface area contributed by atoms with E-state index >= 15 is 0 Å². The van der Waals surface area contributed by atoms with Crippen LogP contribution >= 0.6 is 23.4 Å². The zero-order valence-corrected chi connectivity index (χ0v) is 20.3. The van der Waals surface area contributed by atoms with Gasteiger partial charge in [0.25, 0.3) is 0 Å². The van der Waals surface area contributed by atoms with Crippen LogP contribution in [0.4, 0.5) is 0 Å². The van der Waals surface area contributed by atoms with Gasteiger partial charge in [-0.2, -0.15) is 0 Å². The van der Waals surface area contributed by atoms with E-state index in [0.29, 0.717) is 30.3 Å². The minimum atomic E-state index is -0.514. The second-order valence-electron chi connectivity index (χ2n) is 7.66. The first-order chi connectivity index (χ1) is 15.0. The molecule has 0 bridgehead atoms. The fraction of sp³-hybridized carbons (Fsp3) is 0.440. The smallest absolute Gasteiger partial charge is 0.242 e. The molecule has 2 rings (SSSR count). The van der Waals surface area contributed by atoms with E-state index in [9.17, 15) is 9.59 Å². The van der Waals surface area contributed by atoms with E-state index in [1.54, 1.807) is 16.7 Å². The molecule has 2 aromatic carbocycles. The summed E-state index contributed by atoms with van der Waals surface area (Å²) in [6.07, 6.45) is 2.48. The average Bonchev–Trinajstić information content (AvgIpc) is 2.75. The lowest BCUT2D eigenvalue weighted by Crippen LogP contribution is -2.49. The van der Waals surface area contributed by atoms with Crippen LogP contribution in [0.1, 0.15) is 49.8 Å². The summed E-state index contributed by atoms with van der Waals surface area (Å²) in [6, 6.07) is 15.3. The SMILES string of the molecule is CCCCNC(=O)C(CC)N(Cc1ccccc1Cl)C(=O)CSCc1cccc(C)c1. The van der Waals surface area contributed by atoms with Gasteiger partial charge in [-0.25, -0.2) is 0 Å². The average molecular weight is 461 g/mol. The van der Waals surface area contributed by atoms with Crippen LogP contribution in [0.15, 0.2) is 48.5 Å². The Morgan fingerprint density at radius 2 is 1.90 bits per heavy atom. The fourth-order valence-electron chi connectivity index (χ4n) is 3.38. The molecule has 1 unspecified atom stereocenters. The molecule has 31 heavy (non-hydrogen) atoms. The number of benzene rings is 2. The van der Waals surface area contributed by atoms with Crippen molar-refractivity contribution in [3.8, 4) is 0 Å². The molecule has 0 fully saturated rings. The van der Waals surface area contributed by atoms with E-state index < -0.39 is 6.04 Å². The molecule has 4 nitrogen and oxygen atoms in total. The summed E-state index contributed by atoms with van der Waals surface area (Å²) >= 11 is 7.93. The summed E-state index contributed by atoms with van der Waals surface area (Å²) in [5.74, 6) is 0.930. The monoisotopic (exact) mass is 460 g/mol. The summed E-state index contributed by atoms with van der Waals surface area (Å²) in [6.45, 7) is 7.04. The van der Waals surface area contributed by atoms with Gasteiger partial charge in [-0.15, -0.1) is 11.8 Å². The van der Waals surface area contributed by atoms with E-state index in [-0.39, 0.29) is 11.8 Å². The van der Waals surface area contributed by atoms with Gasteiger partial charge in [0.05, 0.1) is 5.75 Å². The molecule has 0 aliphatic heterocycles. The first-order valence-electron chi connectivity index (χ1n) is 10.9. The van der Waals surface area contributed by atoms with Crippen molar-refractivity contribution in [3.05, 3.63) is 70.2 Å². The van der Waals surface area contributed by atoms with Gasteiger partial charge >= 0.3 is 0 Å². The van der Waals surface area contributed by atoms with Crippen LogP contribution in [-0.4, -0.2) is 35.1 Å². The van der Waals surface area contributed by atoms with Gasteiger partial charge in [0.1, 0.15) is 6.04 Å². The summed E-state index contributed by atoms with van der Waals surface area (Å²) in [7, 11) is 0. The number of nitrogens with one attached hydrogen (secondary N) is 1. The number of nitrogens with zero attached hydrogens (tertiary/aromatic N) is 1. The van der Waals surface area contributed by atoms with Crippen LogP contribution < -0.4 is 5.32 Å². The van der Waals surface area contributed by atoms with E-state index in [2.05, 4.69) is 37.4 Å². The van der Waals surface area contributed by atoms with Crippen molar-refractivity contribution in [2.24, 2.45) is 0 Å². The van der Waals surface area contributed by atoms with E-state index in [0.717, 1.165) is 24.2 Å². The maximum absolute atomic E-state index is 13.2. The molecule has 1 N–H and O–H groups in total. The Balaban J connectivity index is 2.11. The maximum atomic E-state index is 13.2. The molecule has 0 spiro atoms.